The first kappa shape index (κ1) is 14.3. The van der Waals surface area contributed by atoms with Crippen LogP contribution in [0.3, 0.4) is 0 Å². The molecule has 1 aromatic rings. The number of rotatable bonds is 6. The summed E-state index contributed by atoms with van der Waals surface area (Å²) in [4.78, 5) is 16.6. The van der Waals surface area contributed by atoms with Crippen molar-refractivity contribution in [1.82, 2.24) is 4.98 Å². The fourth-order valence-corrected chi connectivity index (χ4v) is 3.04. The summed E-state index contributed by atoms with van der Waals surface area (Å²) in [5, 5.41) is 9.39. The number of thioether (sulfide) groups is 1. The lowest BCUT2D eigenvalue weighted by Gasteiger charge is -2.13. The van der Waals surface area contributed by atoms with E-state index in [1.807, 2.05) is 12.1 Å². The number of esters is 1. The van der Waals surface area contributed by atoms with Gasteiger partial charge in [-0.2, -0.15) is 0 Å². The van der Waals surface area contributed by atoms with Crippen LogP contribution in [-0.4, -0.2) is 28.9 Å². The zero-order valence-electron chi connectivity index (χ0n) is 11.3. The summed E-state index contributed by atoms with van der Waals surface area (Å²) in [6.45, 7) is 1.70. The van der Waals surface area contributed by atoms with E-state index in [4.69, 9.17) is 4.74 Å². The highest BCUT2D eigenvalue weighted by atomic mass is 32.2. The summed E-state index contributed by atoms with van der Waals surface area (Å²) in [7, 11) is 1.43. The molecule has 0 aromatic carbocycles. The summed E-state index contributed by atoms with van der Waals surface area (Å²) in [5.41, 5.74) is 0.806. The van der Waals surface area contributed by atoms with Gasteiger partial charge in [0.25, 0.3) is 0 Å². The van der Waals surface area contributed by atoms with E-state index in [-0.39, 0.29) is 11.4 Å². The van der Waals surface area contributed by atoms with Crippen molar-refractivity contribution in [2.24, 2.45) is 5.41 Å². The number of aliphatic hydroxyl groups is 1. The van der Waals surface area contributed by atoms with Crippen LogP contribution in [0.5, 0.6) is 0 Å². The van der Waals surface area contributed by atoms with Crippen molar-refractivity contribution in [1.29, 1.82) is 0 Å². The third-order valence-electron chi connectivity index (χ3n) is 3.44. The molecule has 1 atom stereocenters. The number of aromatic nitrogens is 1. The molecular weight excluding hydrogens is 262 g/mol. The molecule has 0 aliphatic heterocycles. The molecule has 104 valence electrons. The minimum atomic E-state index is -0.534. The molecule has 1 N–H and O–H groups in total. The highest BCUT2D eigenvalue weighted by Crippen LogP contribution is 2.52. The maximum absolute atomic E-state index is 11.3. The maximum Gasteiger partial charge on any atom is 0.306 e. The SMILES string of the molecule is COC(=O)CC1(CSc2ccc([C@H](C)O)nc2)CC1. The van der Waals surface area contributed by atoms with Gasteiger partial charge in [0, 0.05) is 16.8 Å². The van der Waals surface area contributed by atoms with E-state index < -0.39 is 6.10 Å². The molecule has 2 rings (SSSR count). The van der Waals surface area contributed by atoms with Crippen molar-refractivity contribution >= 4 is 17.7 Å². The predicted molar refractivity (Wildman–Crippen MR) is 73.9 cm³/mol. The van der Waals surface area contributed by atoms with E-state index in [0.717, 1.165) is 23.5 Å². The average molecular weight is 281 g/mol. The summed E-state index contributed by atoms with van der Waals surface area (Å²) in [5.74, 6) is 0.790. The van der Waals surface area contributed by atoms with E-state index in [2.05, 4.69) is 4.98 Å². The normalized spacial score (nSPS) is 17.8. The Morgan fingerprint density at radius 3 is 2.79 bits per heavy atom. The number of pyridine rings is 1. The molecule has 4 nitrogen and oxygen atoms in total. The summed E-state index contributed by atoms with van der Waals surface area (Å²) in [6, 6.07) is 3.81. The maximum atomic E-state index is 11.3. The predicted octanol–water partition coefficient (Wildman–Crippen LogP) is 2.57. The molecule has 0 bridgehead atoms. The van der Waals surface area contributed by atoms with Crippen LogP contribution in [0.25, 0.3) is 0 Å². The van der Waals surface area contributed by atoms with Crippen molar-refractivity contribution in [2.45, 2.75) is 37.2 Å². The summed E-state index contributed by atoms with van der Waals surface area (Å²) < 4.78 is 4.73. The number of nitrogens with zero attached hydrogens (tertiary/aromatic N) is 1. The third-order valence-corrected chi connectivity index (χ3v) is 4.77. The van der Waals surface area contributed by atoms with Crippen LogP contribution < -0.4 is 0 Å². The molecule has 1 saturated carbocycles. The number of hydrogen-bond acceptors (Lipinski definition) is 5. The molecule has 5 heteroatoms. The Hall–Kier alpha value is -1.07. The smallest absolute Gasteiger partial charge is 0.306 e. The van der Waals surface area contributed by atoms with Crippen molar-refractivity contribution in [2.75, 3.05) is 12.9 Å². The Kier molecular flexibility index (Phi) is 4.47. The number of methoxy groups -OCH3 is 1. The molecule has 1 fully saturated rings. The second kappa shape index (κ2) is 5.92. The first-order chi connectivity index (χ1) is 9.04. The third kappa shape index (κ3) is 3.94. The van der Waals surface area contributed by atoms with Gasteiger partial charge in [-0.1, -0.05) is 0 Å². The number of aliphatic hydroxyl groups excluding tert-OH is 1. The van der Waals surface area contributed by atoms with Gasteiger partial charge >= 0.3 is 5.97 Å². The highest BCUT2D eigenvalue weighted by Gasteiger charge is 2.44. The van der Waals surface area contributed by atoms with Crippen LogP contribution in [0.2, 0.25) is 0 Å². The van der Waals surface area contributed by atoms with Gasteiger partial charge in [0.05, 0.1) is 25.3 Å². The van der Waals surface area contributed by atoms with Crippen LogP contribution >= 0.6 is 11.8 Å². The van der Waals surface area contributed by atoms with Crippen LogP contribution in [-0.2, 0) is 9.53 Å². The molecular formula is C14H19NO3S. The fourth-order valence-electron chi connectivity index (χ4n) is 1.89. The van der Waals surface area contributed by atoms with E-state index in [1.54, 1.807) is 24.9 Å². The number of carbonyl (C=O) groups is 1. The molecule has 1 aromatic heterocycles. The molecule has 0 spiro atoms. The van der Waals surface area contributed by atoms with Crippen molar-refractivity contribution < 1.29 is 14.6 Å². The van der Waals surface area contributed by atoms with Gasteiger partial charge in [0.15, 0.2) is 0 Å². The average Bonchev–Trinajstić information content (AvgIpc) is 3.17. The lowest BCUT2D eigenvalue weighted by atomic mass is 10.1. The lowest BCUT2D eigenvalue weighted by molar-refractivity contribution is -0.141. The molecule has 0 radical (unpaired) electrons. The van der Waals surface area contributed by atoms with Crippen molar-refractivity contribution in [3.05, 3.63) is 24.0 Å². The van der Waals surface area contributed by atoms with E-state index in [1.165, 1.54) is 7.11 Å². The second-order valence-electron chi connectivity index (χ2n) is 5.14. The highest BCUT2D eigenvalue weighted by molar-refractivity contribution is 7.99. The first-order valence-corrected chi connectivity index (χ1v) is 7.37. The zero-order chi connectivity index (χ0) is 13.9. The van der Waals surface area contributed by atoms with Crippen LogP contribution in [0, 0.1) is 5.41 Å². The van der Waals surface area contributed by atoms with E-state index >= 15 is 0 Å². The topological polar surface area (TPSA) is 59.4 Å². The van der Waals surface area contributed by atoms with Gasteiger partial charge in [-0.05, 0) is 37.3 Å². The monoisotopic (exact) mass is 281 g/mol. The molecule has 1 heterocycles. The van der Waals surface area contributed by atoms with Gasteiger partial charge < -0.3 is 9.84 Å². The Morgan fingerprint density at radius 1 is 1.58 bits per heavy atom. The van der Waals surface area contributed by atoms with Gasteiger partial charge in [0.2, 0.25) is 0 Å². The summed E-state index contributed by atoms with van der Waals surface area (Å²) in [6.07, 6.45) is 3.94. The van der Waals surface area contributed by atoms with Gasteiger partial charge in [-0.3, -0.25) is 9.78 Å². The van der Waals surface area contributed by atoms with Gasteiger partial charge in [0.1, 0.15) is 0 Å². The number of carbonyl (C=O) groups excluding carboxylic acids is 1. The summed E-state index contributed by atoms with van der Waals surface area (Å²) >= 11 is 1.71. The van der Waals surface area contributed by atoms with Crippen LogP contribution in [0.1, 0.15) is 38.0 Å². The Bertz CT molecular complexity index is 441. The molecule has 0 amide bonds. The standard InChI is InChI=1S/C14H19NO3S/c1-10(16)12-4-3-11(8-15-12)19-9-14(5-6-14)7-13(17)18-2/h3-4,8,10,16H,5-7,9H2,1-2H3/t10-/m0/s1. The number of hydrogen-bond donors (Lipinski definition) is 1. The molecule has 0 unspecified atom stereocenters. The largest absolute Gasteiger partial charge is 0.469 e. The molecule has 19 heavy (non-hydrogen) atoms. The van der Waals surface area contributed by atoms with E-state index in [9.17, 15) is 9.90 Å². The molecule has 1 aliphatic carbocycles. The van der Waals surface area contributed by atoms with Gasteiger partial charge in [-0.15, -0.1) is 11.8 Å². The lowest BCUT2D eigenvalue weighted by Crippen LogP contribution is -2.13. The van der Waals surface area contributed by atoms with E-state index in [0.29, 0.717) is 12.1 Å². The first-order valence-electron chi connectivity index (χ1n) is 6.38. The molecule has 0 saturated heterocycles. The van der Waals surface area contributed by atoms with Crippen molar-refractivity contribution in [3.63, 3.8) is 0 Å². The second-order valence-corrected chi connectivity index (χ2v) is 6.19. The number of ether oxygens (including phenoxy) is 1. The minimum absolute atomic E-state index is 0.124. The quantitative estimate of drug-likeness (QED) is 0.641. The van der Waals surface area contributed by atoms with Crippen LogP contribution in [0.15, 0.2) is 23.2 Å². The molecule has 1 aliphatic rings. The Morgan fingerprint density at radius 2 is 2.32 bits per heavy atom. The Labute approximate surface area is 117 Å². The Balaban J connectivity index is 1.87. The zero-order valence-corrected chi connectivity index (χ0v) is 12.1. The fraction of sp³-hybridized carbons (Fsp3) is 0.571. The minimum Gasteiger partial charge on any atom is -0.469 e. The van der Waals surface area contributed by atoms with Gasteiger partial charge in [-0.25, -0.2) is 0 Å². The van der Waals surface area contributed by atoms with Crippen molar-refractivity contribution in [3.8, 4) is 0 Å². The van der Waals surface area contributed by atoms with Crippen LogP contribution in [0.4, 0.5) is 0 Å².